The van der Waals surface area contributed by atoms with Gasteiger partial charge in [-0.25, -0.2) is 0 Å². The second-order valence-electron chi connectivity index (χ2n) is 19.3. The molecule has 16 aromatic rings. The standard InChI is InChI=1S/C70H40/c1-4-18-41(19-5-1)45-26-10-12-28-48(45)49-37-39-58-66-59(49)40-60-52-30-14-24-44-25-15-32-53(61(44)52)65(60)67(66)56-35-17-34-55-63(51-29-13-11-27-46(51)42-20-6-2-7-21-42)68-57-38-36-47(43-22-8-3-9-23-43)50-31-16-33-54(62(50)57)70(68)69(58)64(55)56/h1-40H. The maximum atomic E-state index is 2.56. The van der Waals surface area contributed by atoms with Crippen LogP contribution in [0.4, 0.5) is 0 Å². The lowest BCUT2D eigenvalue weighted by Crippen LogP contribution is -1.94. The van der Waals surface area contributed by atoms with Gasteiger partial charge >= 0.3 is 0 Å². The number of rotatable bonds is 5. The Kier molecular flexibility index (Phi) is 7.70. The zero-order valence-electron chi connectivity index (χ0n) is 38.1. The van der Waals surface area contributed by atoms with Crippen molar-refractivity contribution < 1.29 is 0 Å². The third-order valence-corrected chi connectivity index (χ3v) is 15.9. The molecule has 320 valence electrons. The Morgan fingerprint density at radius 3 is 1.24 bits per heavy atom. The lowest BCUT2D eigenvalue weighted by molar-refractivity contribution is 1.60. The predicted molar refractivity (Wildman–Crippen MR) is 302 cm³/mol. The van der Waals surface area contributed by atoms with E-state index >= 15 is 0 Å². The van der Waals surface area contributed by atoms with Gasteiger partial charge in [0.1, 0.15) is 0 Å². The van der Waals surface area contributed by atoms with Gasteiger partial charge in [-0.3, -0.25) is 0 Å². The van der Waals surface area contributed by atoms with Crippen molar-refractivity contribution in [3.8, 4) is 55.6 Å². The first-order chi connectivity index (χ1) is 34.8. The van der Waals surface area contributed by atoms with Crippen LogP contribution >= 0.6 is 0 Å². The van der Waals surface area contributed by atoms with Gasteiger partial charge in [0.05, 0.1) is 0 Å². The van der Waals surface area contributed by atoms with Gasteiger partial charge < -0.3 is 0 Å². The lowest BCUT2D eigenvalue weighted by Gasteiger charge is -2.22. The molecule has 0 aliphatic heterocycles. The number of benzene rings is 14. The molecule has 0 heterocycles. The van der Waals surface area contributed by atoms with Crippen LogP contribution in [0.2, 0.25) is 0 Å². The van der Waals surface area contributed by atoms with E-state index in [2.05, 4.69) is 243 Å². The highest BCUT2D eigenvalue weighted by Crippen LogP contribution is 2.57. The maximum absolute atomic E-state index is 2.56. The highest BCUT2D eigenvalue weighted by Gasteiger charge is 2.29. The van der Waals surface area contributed by atoms with Gasteiger partial charge in [0, 0.05) is 0 Å². The molecule has 0 fully saturated rings. The minimum absolute atomic E-state index is 1.22. The van der Waals surface area contributed by atoms with E-state index in [1.807, 2.05) is 0 Å². The van der Waals surface area contributed by atoms with Gasteiger partial charge in [-0.15, -0.1) is 0 Å². The Hall–Kier alpha value is -9.10. The fraction of sp³-hybridized carbons (Fsp3) is 0. The van der Waals surface area contributed by atoms with Crippen molar-refractivity contribution in [3.05, 3.63) is 243 Å². The molecule has 16 aromatic carbocycles. The Morgan fingerprint density at radius 2 is 0.571 bits per heavy atom. The maximum Gasteiger partial charge on any atom is -0.000696 e. The van der Waals surface area contributed by atoms with Crippen LogP contribution < -0.4 is 0 Å². The zero-order valence-corrected chi connectivity index (χ0v) is 38.1. The Bertz CT molecular complexity index is 4770. The van der Waals surface area contributed by atoms with Crippen LogP contribution in [0, 0.1) is 0 Å². The van der Waals surface area contributed by atoms with E-state index in [0.29, 0.717) is 0 Å². The van der Waals surface area contributed by atoms with E-state index in [4.69, 9.17) is 0 Å². The monoisotopic (exact) mass is 880 g/mol. The molecule has 0 spiro atoms. The van der Waals surface area contributed by atoms with Crippen LogP contribution in [0.25, 0.3) is 163 Å². The smallest absolute Gasteiger partial charge is 0.000696 e. The van der Waals surface area contributed by atoms with Crippen molar-refractivity contribution in [1.82, 2.24) is 0 Å². The number of hydrogen-bond acceptors (Lipinski definition) is 0. The summed E-state index contributed by atoms with van der Waals surface area (Å²) in [6.45, 7) is 0. The predicted octanol–water partition coefficient (Wildman–Crippen LogP) is 19.9. The number of fused-ring (bicyclic) bond motifs is 10. The van der Waals surface area contributed by atoms with Crippen molar-refractivity contribution in [3.63, 3.8) is 0 Å². The van der Waals surface area contributed by atoms with Crippen LogP contribution in [0.15, 0.2) is 243 Å². The highest BCUT2D eigenvalue weighted by atomic mass is 14.3. The van der Waals surface area contributed by atoms with Gasteiger partial charge in [0.25, 0.3) is 0 Å². The summed E-state index contributed by atoms with van der Waals surface area (Å²) < 4.78 is 0. The number of hydrogen-bond donors (Lipinski definition) is 0. The molecule has 0 saturated carbocycles. The summed E-state index contributed by atoms with van der Waals surface area (Å²) >= 11 is 0. The Labute approximate surface area is 403 Å². The normalized spacial score (nSPS) is 12.3. The second kappa shape index (κ2) is 14.2. The average Bonchev–Trinajstić information content (AvgIpc) is 3.94. The summed E-state index contributed by atoms with van der Waals surface area (Å²) in [5.74, 6) is 0. The SMILES string of the molecule is c1ccc(-c2ccccc2-c2ccc3c4c2cc2c5cccc6cccc(c65)c2c4c2cccc4c(-c5ccccc5-c5ccccc5)c5c6ccc(-c7ccccc7)c7cccc(c76)c5c3c42)cc1. The topological polar surface area (TPSA) is 0 Å². The molecular weight excluding hydrogens is 841 g/mol. The van der Waals surface area contributed by atoms with E-state index in [-0.39, 0.29) is 0 Å². The quantitative estimate of drug-likeness (QED) is 0.119. The fourth-order valence-corrected chi connectivity index (χ4v) is 13.2. The molecule has 16 rings (SSSR count). The molecule has 0 unspecified atom stereocenters. The van der Waals surface area contributed by atoms with Gasteiger partial charge in [0.15, 0.2) is 0 Å². The lowest BCUT2D eigenvalue weighted by atomic mass is 9.80. The summed E-state index contributed by atoms with van der Waals surface area (Å²) in [6.07, 6.45) is 0. The van der Waals surface area contributed by atoms with E-state index in [1.165, 1.54) is 163 Å². The molecule has 0 N–H and O–H groups in total. The molecule has 0 amide bonds. The van der Waals surface area contributed by atoms with Crippen molar-refractivity contribution in [2.45, 2.75) is 0 Å². The first kappa shape index (κ1) is 37.9. The van der Waals surface area contributed by atoms with Crippen LogP contribution in [-0.4, -0.2) is 0 Å². The minimum atomic E-state index is 1.22. The third-order valence-electron chi connectivity index (χ3n) is 15.9. The van der Waals surface area contributed by atoms with Crippen LogP contribution in [0.5, 0.6) is 0 Å². The Balaban J connectivity index is 1.18. The molecule has 0 heteroatoms. The fourth-order valence-electron chi connectivity index (χ4n) is 13.2. The molecule has 0 nitrogen and oxygen atoms in total. The van der Waals surface area contributed by atoms with Crippen LogP contribution in [0.1, 0.15) is 0 Å². The molecule has 0 atom stereocenters. The first-order valence-corrected chi connectivity index (χ1v) is 24.5. The van der Waals surface area contributed by atoms with Crippen molar-refractivity contribution >= 4 is 108 Å². The van der Waals surface area contributed by atoms with Gasteiger partial charge in [-0.05, 0) is 169 Å². The van der Waals surface area contributed by atoms with Gasteiger partial charge in [0.2, 0.25) is 0 Å². The summed E-state index contributed by atoms with van der Waals surface area (Å²) in [6, 6.07) is 91.2. The van der Waals surface area contributed by atoms with E-state index in [0.717, 1.165) is 0 Å². The highest BCUT2D eigenvalue weighted by molar-refractivity contribution is 6.52. The van der Waals surface area contributed by atoms with Crippen molar-refractivity contribution in [2.24, 2.45) is 0 Å². The van der Waals surface area contributed by atoms with Crippen molar-refractivity contribution in [2.75, 3.05) is 0 Å². The Morgan fingerprint density at radius 1 is 0.157 bits per heavy atom. The van der Waals surface area contributed by atoms with Crippen LogP contribution in [-0.2, 0) is 0 Å². The summed E-state index contributed by atoms with van der Waals surface area (Å²) in [5.41, 5.74) is 12.5. The zero-order chi connectivity index (χ0) is 45.6. The van der Waals surface area contributed by atoms with E-state index in [9.17, 15) is 0 Å². The minimum Gasteiger partial charge on any atom is -0.0622 e. The average molecular weight is 881 g/mol. The summed E-state index contributed by atoms with van der Waals surface area (Å²) in [4.78, 5) is 0. The third kappa shape index (κ3) is 4.99. The largest absolute Gasteiger partial charge is 0.0622 e. The molecule has 0 radical (unpaired) electrons. The van der Waals surface area contributed by atoms with E-state index < -0.39 is 0 Å². The van der Waals surface area contributed by atoms with E-state index in [1.54, 1.807) is 0 Å². The van der Waals surface area contributed by atoms with Gasteiger partial charge in [-0.2, -0.15) is 0 Å². The van der Waals surface area contributed by atoms with Crippen LogP contribution in [0.3, 0.4) is 0 Å². The molecule has 0 saturated heterocycles. The first-order valence-electron chi connectivity index (χ1n) is 24.5. The second-order valence-corrected chi connectivity index (χ2v) is 19.3. The molecule has 70 heavy (non-hydrogen) atoms. The summed E-state index contributed by atoms with van der Waals surface area (Å²) in [7, 11) is 0. The molecule has 0 aliphatic rings. The molecule has 0 bridgehead atoms. The summed E-state index contributed by atoms with van der Waals surface area (Å²) in [5, 5.41) is 26.3. The molecule has 0 aliphatic carbocycles. The molecule has 0 aromatic heterocycles. The van der Waals surface area contributed by atoms with Crippen molar-refractivity contribution in [1.29, 1.82) is 0 Å². The van der Waals surface area contributed by atoms with Gasteiger partial charge in [-0.1, -0.05) is 237 Å². The molecular formula is C70H40.